The van der Waals surface area contributed by atoms with E-state index in [4.69, 9.17) is 0 Å². The van der Waals surface area contributed by atoms with Crippen LogP contribution in [-0.2, 0) is 0 Å². The molecule has 0 spiro atoms. The van der Waals surface area contributed by atoms with Gasteiger partial charge in [-0.25, -0.2) is 4.79 Å². The molecule has 3 N–H and O–H groups in total. The Hall–Kier alpha value is -4.60. The zero-order chi connectivity index (χ0) is 23.7. The normalized spacial score (nSPS) is 13.8. The Morgan fingerprint density at radius 3 is 2.15 bits per heavy atom. The maximum absolute atomic E-state index is 12.9. The van der Waals surface area contributed by atoms with E-state index < -0.39 is 10.8 Å². The number of amides is 1. The number of H-pyrrole nitrogens is 2. The van der Waals surface area contributed by atoms with Gasteiger partial charge in [-0.15, -0.1) is 0 Å². The molecule has 1 fully saturated rings. The Balaban J connectivity index is 1.41. The first-order valence-electron chi connectivity index (χ1n) is 10.8. The second kappa shape index (κ2) is 8.74. The highest BCUT2D eigenvalue weighted by Gasteiger charge is 2.22. The topological polar surface area (TPSA) is 127 Å². The van der Waals surface area contributed by atoms with E-state index in [1.807, 2.05) is 24.3 Å². The van der Waals surface area contributed by atoms with Gasteiger partial charge >= 0.3 is 5.69 Å². The molecule has 4 aromatic rings. The maximum Gasteiger partial charge on any atom is 0.323 e. The highest BCUT2D eigenvalue weighted by molar-refractivity contribution is 6.07. The monoisotopic (exact) mass is 458 g/mol. The summed E-state index contributed by atoms with van der Waals surface area (Å²) in [6.45, 7) is 3.08. The molecule has 10 heteroatoms. The average molecular weight is 458 g/mol. The number of hydrogen-bond acceptors (Lipinski definition) is 6. The summed E-state index contributed by atoms with van der Waals surface area (Å²) in [6.07, 6.45) is 0. The molecule has 0 aliphatic carbocycles. The van der Waals surface area contributed by atoms with Crippen molar-refractivity contribution < 1.29 is 9.72 Å². The van der Waals surface area contributed by atoms with Gasteiger partial charge in [0.1, 0.15) is 0 Å². The van der Waals surface area contributed by atoms with Gasteiger partial charge in [-0.05, 0) is 36.4 Å². The van der Waals surface area contributed by atoms with Crippen LogP contribution < -0.4 is 20.8 Å². The minimum absolute atomic E-state index is 0.0835. The third kappa shape index (κ3) is 4.20. The van der Waals surface area contributed by atoms with Crippen LogP contribution in [0.2, 0.25) is 0 Å². The van der Waals surface area contributed by atoms with E-state index in [1.54, 1.807) is 6.07 Å². The van der Waals surface area contributed by atoms with Crippen molar-refractivity contribution in [3.8, 4) is 0 Å². The molecule has 0 saturated carbocycles. The molecule has 1 aliphatic rings. The molecular weight excluding hydrogens is 436 g/mol. The number of rotatable bonds is 5. The van der Waals surface area contributed by atoms with Gasteiger partial charge < -0.3 is 25.1 Å². The van der Waals surface area contributed by atoms with Gasteiger partial charge in [0, 0.05) is 49.6 Å². The SMILES string of the molecule is O=C(Nc1cc2[nH]c(=O)[nH]c2cc1N1CCN(c2ccccc2)CC1)c1ccc([N+](=O)[O-])cc1. The minimum Gasteiger partial charge on any atom is -0.368 e. The molecule has 3 aromatic carbocycles. The summed E-state index contributed by atoms with van der Waals surface area (Å²) in [5, 5.41) is 13.8. The number of nitro groups is 1. The molecule has 0 unspecified atom stereocenters. The molecule has 2 heterocycles. The van der Waals surface area contributed by atoms with E-state index in [2.05, 4.69) is 37.2 Å². The van der Waals surface area contributed by atoms with Crippen molar-refractivity contribution in [2.75, 3.05) is 41.3 Å². The Kier molecular flexibility index (Phi) is 5.46. The van der Waals surface area contributed by atoms with Crippen LogP contribution in [0.25, 0.3) is 11.0 Å². The summed E-state index contributed by atoms with van der Waals surface area (Å²) in [4.78, 5) is 45.1. The first kappa shape index (κ1) is 21.3. The summed E-state index contributed by atoms with van der Waals surface area (Å²) >= 11 is 0. The molecule has 0 radical (unpaired) electrons. The molecule has 5 rings (SSSR count). The van der Waals surface area contributed by atoms with Gasteiger partial charge in [0.2, 0.25) is 0 Å². The number of carbonyl (C=O) groups is 1. The molecule has 34 heavy (non-hydrogen) atoms. The Morgan fingerprint density at radius 1 is 0.882 bits per heavy atom. The fourth-order valence-corrected chi connectivity index (χ4v) is 4.21. The average Bonchev–Trinajstić information content (AvgIpc) is 3.23. The lowest BCUT2D eigenvalue weighted by atomic mass is 10.1. The third-order valence-corrected chi connectivity index (χ3v) is 5.96. The Morgan fingerprint density at radius 2 is 1.50 bits per heavy atom. The molecule has 172 valence electrons. The lowest BCUT2D eigenvalue weighted by molar-refractivity contribution is -0.384. The number of piperazine rings is 1. The second-order valence-electron chi connectivity index (χ2n) is 8.06. The van der Waals surface area contributed by atoms with Gasteiger partial charge in [0.05, 0.1) is 27.3 Å². The number of aromatic amines is 2. The zero-order valence-corrected chi connectivity index (χ0v) is 18.2. The van der Waals surface area contributed by atoms with Crippen LogP contribution in [0.15, 0.2) is 71.5 Å². The van der Waals surface area contributed by atoms with E-state index >= 15 is 0 Å². The quantitative estimate of drug-likeness (QED) is 0.311. The number of aromatic nitrogens is 2. The van der Waals surface area contributed by atoms with E-state index in [0.717, 1.165) is 31.9 Å². The van der Waals surface area contributed by atoms with Crippen LogP contribution in [-0.4, -0.2) is 47.0 Å². The van der Waals surface area contributed by atoms with Crippen LogP contribution in [0.3, 0.4) is 0 Å². The number of hydrogen-bond donors (Lipinski definition) is 3. The van der Waals surface area contributed by atoms with Crippen molar-refractivity contribution in [3.63, 3.8) is 0 Å². The standard InChI is InChI=1S/C24H22N6O4/c31-23(16-6-8-18(9-7-16)30(33)34)25-21-14-19-20(27-24(32)26-19)15-22(21)29-12-10-28(11-13-29)17-4-2-1-3-5-17/h1-9,14-15H,10-13H2,(H,25,31)(H2,26,27,32). The Bertz CT molecular complexity index is 1400. The van der Waals surface area contributed by atoms with Crippen molar-refractivity contribution in [1.82, 2.24) is 9.97 Å². The fourth-order valence-electron chi connectivity index (χ4n) is 4.21. The number of fused-ring (bicyclic) bond motifs is 1. The molecular formula is C24H22N6O4. The molecule has 10 nitrogen and oxygen atoms in total. The number of nitrogens with one attached hydrogen (secondary N) is 3. The molecule has 0 atom stereocenters. The van der Waals surface area contributed by atoms with Crippen LogP contribution in [0.4, 0.5) is 22.7 Å². The molecule has 1 aliphatic heterocycles. The second-order valence-corrected chi connectivity index (χ2v) is 8.06. The number of imidazole rings is 1. The summed E-state index contributed by atoms with van der Waals surface area (Å²) in [5.74, 6) is -0.392. The molecule has 1 aromatic heterocycles. The number of benzene rings is 3. The van der Waals surface area contributed by atoms with Crippen LogP contribution in [0, 0.1) is 10.1 Å². The minimum atomic E-state index is -0.509. The number of anilines is 3. The predicted molar refractivity (Wildman–Crippen MR) is 131 cm³/mol. The number of nitro benzene ring substituents is 1. The van der Waals surface area contributed by atoms with E-state index in [0.29, 0.717) is 22.3 Å². The van der Waals surface area contributed by atoms with Crippen LogP contribution in [0.1, 0.15) is 10.4 Å². The van der Waals surface area contributed by atoms with Crippen molar-refractivity contribution in [2.45, 2.75) is 0 Å². The molecule has 0 bridgehead atoms. The summed E-state index contributed by atoms with van der Waals surface area (Å²) in [6, 6.07) is 19.2. The third-order valence-electron chi connectivity index (χ3n) is 5.96. The highest BCUT2D eigenvalue weighted by atomic mass is 16.6. The van der Waals surface area contributed by atoms with E-state index in [1.165, 1.54) is 30.0 Å². The van der Waals surface area contributed by atoms with Crippen molar-refractivity contribution >= 4 is 39.7 Å². The van der Waals surface area contributed by atoms with Crippen molar-refractivity contribution in [1.29, 1.82) is 0 Å². The van der Waals surface area contributed by atoms with Crippen molar-refractivity contribution in [2.24, 2.45) is 0 Å². The smallest absolute Gasteiger partial charge is 0.323 e. The number of carbonyl (C=O) groups excluding carboxylic acids is 1. The van der Waals surface area contributed by atoms with Crippen molar-refractivity contribution in [3.05, 3.63) is 92.9 Å². The van der Waals surface area contributed by atoms with Gasteiger partial charge in [-0.2, -0.15) is 0 Å². The van der Waals surface area contributed by atoms with Gasteiger partial charge in [-0.1, -0.05) is 18.2 Å². The number of para-hydroxylation sites is 1. The maximum atomic E-state index is 12.9. The van der Waals surface area contributed by atoms with Gasteiger partial charge in [-0.3, -0.25) is 14.9 Å². The first-order valence-corrected chi connectivity index (χ1v) is 10.8. The molecule has 1 amide bonds. The van der Waals surface area contributed by atoms with Gasteiger partial charge in [0.25, 0.3) is 11.6 Å². The summed E-state index contributed by atoms with van der Waals surface area (Å²) < 4.78 is 0. The first-order chi connectivity index (χ1) is 16.5. The molecule has 1 saturated heterocycles. The van der Waals surface area contributed by atoms with E-state index in [-0.39, 0.29) is 11.4 Å². The van der Waals surface area contributed by atoms with E-state index in [9.17, 15) is 19.7 Å². The lowest BCUT2D eigenvalue weighted by Crippen LogP contribution is -2.46. The number of non-ortho nitro benzene ring substituents is 1. The lowest BCUT2D eigenvalue weighted by Gasteiger charge is -2.38. The fraction of sp³-hybridized carbons (Fsp3) is 0.167. The summed E-state index contributed by atoms with van der Waals surface area (Å²) in [5.41, 5.74) is 3.64. The zero-order valence-electron chi connectivity index (χ0n) is 18.2. The largest absolute Gasteiger partial charge is 0.368 e. The van der Waals surface area contributed by atoms with Gasteiger partial charge in [0.15, 0.2) is 0 Å². The highest BCUT2D eigenvalue weighted by Crippen LogP contribution is 2.32. The van der Waals surface area contributed by atoms with Crippen LogP contribution in [0.5, 0.6) is 0 Å². The van der Waals surface area contributed by atoms with Crippen LogP contribution >= 0.6 is 0 Å². The predicted octanol–water partition coefficient (Wildman–Crippen LogP) is 3.34. The number of nitrogens with zero attached hydrogens (tertiary/aromatic N) is 3. The summed E-state index contributed by atoms with van der Waals surface area (Å²) in [7, 11) is 0. The Labute approximate surface area is 194 Å².